The molecule has 1 heterocycles. The number of hydrogen-bond acceptors (Lipinski definition) is 3. The van der Waals surface area contributed by atoms with Crippen LogP contribution in [-0.4, -0.2) is 38.3 Å². The van der Waals surface area contributed by atoms with Gasteiger partial charge in [0.05, 0.1) is 6.61 Å². The molecule has 3 nitrogen and oxygen atoms in total. The van der Waals surface area contributed by atoms with Crippen LogP contribution in [0.15, 0.2) is 30.3 Å². The molecule has 0 radical (unpaired) electrons. The first kappa shape index (κ1) is 15.5. The fourth-order valence-electron chi connectivity index (χ4n) is 3.13. The predicted molar refractivity (Wildman–Crippen MR) is 83.6 cm³/mol. The van der Waals surface area contributed by atoms with Gasteiger partial charge in [0, 0.05) is 19.7 Å². The highest BCUT2D eigenvalue weighted by Gasteiger charge is 2.19. The van der Waals surface area contributed by atoms with Crippen molar-refractivity contribution in [1.29, 1.82) is 0 Å². The van der Waals surface area contributed by atoms with Crippen LogP contribution in [0.5, 0.6) is 0 Å². The Hall–Kier alpha value is -0.900. The standard InChI is InChI=1S/C17H28N2O/c1-20-14-15-7-5-11-19(13-15)12-6-10-17(18)16-8-3-2-4-9-16/h2-4,8-9,15,17H,5-7,10-14,18H2,1H3. The third kappa shape index (κ3) is 4.89. The monoisotopic (exact) mass is 276 g/mol. The van der Waals surface area contributed by atoms with E-state index in [9.17, 15) is 0 Å². The number of hydrogen-bond donors (Lipinski definition) is 1. The second-order valence-electron chi connectivity index (χ2n) is 5.92. The summed E-state index contributed by atoms with van der Waals surface area (Å²) in [6.45, 7) is 4.50. The zero-order valence-electron chi connectivity index (χ0n) is 12.6. The topological polar surface area (TPSA) is 38.5 Å². The second-order valence-corrected chi connectivity index (χ2v) is 5.92. The Labute approximate surface area is 123 Å². The molecule has 0 saturated carbocycles. The van der Waals surface area contributed by atoms with Gasteiger partial charge in [-0.25, -0.2) is 0 Å². The van der Waals surface area contributed by atoms with E-state index in [1.165, 1.54) is 44.5 Å². The van der Waals surface area contributed by atoms with Crippen LogP contribution < -0.4 is 5.73 Å². The number of likely N-dealkylation sites (tertiary alicyclic amines) is 1. The van der Waals surface area contributed by atoms with Crippen molar-refractivity contribution in [3.05, 3.63) is 35.9 Å². The molecule has 2 atom stereocenters. The van der Waals surface area contributed by atoms with E-state index >= 15 is 0 Å². The van der Waals surface area contributed by atoms with Gasteiger partial charge in [-0.05, 0) is 50.3 Å². The first-order chi connectivity index (χ1) is 9.79. The Morgan fingerprint density at radius 2 is 2.15 bits per heavy atom. The molecule has 3 heteroatoms. The van der Waals surface area contributed by atoms with Gasteiger partial charge in [-0.1, -0.05) is 30.3 Å². The Morgan fingerprint density at radius 3 is 2.90 bits per heavy atom. The van der Waals surface area contributed by atoms with Crippen LogP contribution in [0.4, 0.5) is 0 Å². The first-order valence-electron chi connectivity index (χ1n) is 7.81. The van der Waals surface area contributed by atoms with E-state index in [0.717, 1.165) is 18.9 Å². The summed E-state index contributed by atoms with van der Waals surface area (Å²) >= 11 is 0. The molecule has 112 valence electrons. The van der Waals surface area contributed by atoms with Crippen molar-refractivity contribution in [2.24, 2.45) is 11.7 Å². The smallest absolute Gasteiger partial charge is 0.0502 e. The normalized spacial score (nSPS) is 21.8. The summed E-state index contributed by atoms with van der Waals surface area (Å²) in [7, 11) is 1.80. The highest BCUT2D eigenvalue weighted by atomic mass is 16.5. The van der Waals surface area contributed by atoms with E-state index in [2.05, 4.69) is 29.2 Å². The summed E-state index contributed by atoms with van der Waals surface area (Å²) in [6.07, 6.45) is 4.86. The first-order valence-corrected chi connectivity index (χ1v) is 7.81. The van der Waals surface area contributed by atoms with Crippen LogP contribution in [0.3, 0.4) is 0 Å². The fourth-order valence-corrected chi connectivity index (χ4v) is 3.13. The van der Waals surface area contributed by atoms with Crippen LogP contribution in [0.2, 0.25) is 0 Å². The van der Waals surface area contributed by atoms with Crippen molar-refractivity contribution in [3.8, 4) is 0 Å². The molecule has 2 rings (SSSR count). The molecular formula is C17H28N2O. The van der Waals surface area contributed by atoms with Crippen LogP contribution in [0.25, 0.3) is 0 Å². The van der Waals surface area contributed by atoms with E-state index in [1.807, 2.05) is 6.07 Å². The minimum Gasteiger partial charge on any atom is -0.384 e. The van der Waals surface area contributed by atoms with Gasteiger partial charge >= 0.3 is 0 Å². The summed E-state index contributed by atoms with van der Waals surface area (Å²) in [5, 5.41) is 0. The Bertz CT molecular complexity index is 367. The molecule has 0 aliphatic carbocycles. The summed E-state index contributed by atoms with van der Waals surface area (Å²) in [5.41, 5.74) is 7.50. The van der Waals surface area contributed by atoms with Crippen molar-refractivity contribution in [1.82, 2.24) is 4.90 Å². The SMILES string of the molecule is COCC1CCCN(CCCC(N)c2ccccc2)C1. The van der Waals surface area contributed by atoms with E-state index in [1.54, 1.807) is 7.11 Å². The molecule has 20 heavy (non-hydrogen) atoms. The zero-order chi connectivity index (χ0) is 14.2. The van der Waals surface area contributed by atoms with E-state index < -0.39 is 0 Å². The van der Waals surface area contributed by atoms with Crippen molar-refractivity contribution < 1.29 is 4.74 Å². The van der Waals surface area contributed by atoms with Gasteiger partial charge in [-0.2, -0.15) is 0 Å². The van der Waals surface area contributed by atoms with Gasteiger partial charge in [-0.15, -0.1) is 0 Å². The molecule has 1 aromatic rings. The number of nitrogens with two attached hydrogens (primary N) is 1. The molecule has 0 bridgehead atoms. The predicted octanol–water partition coefficient (Wildman–Crippen LogP) is 2.83. The Kier molecular flexibility index (Phi) is 6.51. The van der Waals surface area contributed by atoms with Gasteiger partial charge < -0.3 is 15.4 Å². The average molecular weight is 276 g/mol. The molecule has 1 saturated heterocycles. The van der Waals surface area contributed by atoms with E-state index in [4.69, 9.17) is 10.5 Å². The summed E-state index contributed by atoms with van der Waals surface area (Å²) in [6, 6.07) is 10.6. The summed E-state index contributed by atoms with van der Waals surface area (Å²) in [5.74, 6) is 0.719. The van der Waals surface area contributed by atoms with E-state index in [-0.39, 0.29) is 6.04 Å². The molecule has 0 spiro atoms. The maximum absolute atomic E-state index is 6.25. The average Bonchev–Trinajstić information content (AvgIpc) is 2.49. The molecular weight excluding hydrogens is 248 g/mol. The van der Waals surface area contributed by atoms with Crippen LogP contribution in [0.1, 0.15) is 37.3 Å². The molecule has 2 N–H and O–H groups in total. The quantitative estimate of drug-likeness (QED) is 0.832. The molecule has 1 aromatic carbocycles. The number of piperidine rings is 1. The van der Waals surface area contributed by atoms with Crippen LogP contribution >= 0.6 is 0 Å². The summed E-state index contributed by atoms with van der Waals surface area (Å²) < 4.78 is 5.28. The zero-order valence-corrected chi connectivity index (χ0v) is 12.6. The molecule has 1 fully saturated rings. The summed E-state index contributed by atoms with van der Waals surface area (Å²) in [4.78, 5) is 2.57. The number of benzene rings is 1. The van der Waals surface area contributed by atoms with Gasteiger partial charge in [-0.3, -0.25) is 0 Å². The molecule has 1 aliphatic heterocycles. The fraction of sp³-hybridized carbons (Fsp3) is 0.647. The largest absolute Gasteiger partial charge is 0.384 e. The van der Waals surface area contributed by atoms with Crippen molar-refractivity contribution >= 4 is 0 Å². The number of nitrogens with zero attached hydrogens (tertiary/aromatic N) is 1. The molecule has 1 aliphatic rings. The van der Waals surface area contributed by atoms with Crippen LogP contribution in [0, 0.1) is 5.92 Å². The van der Waals surface area contributed by atoms with E-state index in [0.29, 0.717) is 0 Å². The van der Waals surface area contributed by atoms with Gasteiger partial charge in [0.2, 0.25) is 0 Å². The Balaban J connectivity index is 1.67. The van der Waals surface area contributed by atoms with Gasteiger partial charge in [0.1, 0.15) is 0 Å². The third-order valence-corrected chi connectivity index (χ3v) is 4.22. The lowest BCUT2D eigenvalue weighted by Gasteiger charge is -2.32. The molecule has 0 amide bonds. The lowest BCUT2D eigenvalue weighted by molar-refractivity contribution is 0.0896. The lowest BCUT2D eigenvalue weighted by Crippen LogP contribution is -2.37. The maximum atomic E-state index is 6.25. The third-order valence-electron chi connectivity index (χ3n) is 4.22. The maximum Gasteiger partial charge on any atom is 0.0502 e. The van der Waals surface area contributed by atoms with Gasteiger partial charge in [0.15, 0.2) is 0 Å². The molecule has 2 unspecified atom stereocenters. The van der Waals surface area contributed by atoms with Crippen molar-refractivity contribution in [3.63, 3.8) is 0 Å². The number of ether oxygens (including phenoxy) is 1. The van der Waals surface area contributed by atoms with Crippen molar-refractivity contribution in [2.75, 3.05) is 33.4 Å². The minimum atomic E-state index is 0.177. The number of methoxy groups -OCH3 is 1. The highest BCUT2D eigenvalue weighted by Crippen LogP contribution is 2.19. The van der Waals surface area contributed by atoms with Crippen molar-refractivity contribution in [2.45, 2.75) is 31.7 Å². The van der Waals surface area contributed by atoms with Gasteiger partial charge in [0.25, 0.3) is 0 Å². The van der Waals surface area contributed by atoms with Crippen LogP contribution in [-0.2, 0) is 4.74 Å². The minimum absolute atomic E-state index is 0.177. The number of rotatable bonds is 7. The lowest BCUT2D eigenvalue weighted by atomic mass is 9.98. The Morgan fingerprint density at radius 1 is 1.35 bits per heavy atom. The molecule has 0 aromatic heterocycles. The second kappa shape index (κ2) is 8.40. The highest BCUT2D eigenvalue weighted by molar-refractivity contribution is 5.18.